The third-order valence-corrected chi connectivity index (χ3v) is 5.10. The van der Waals surface area contributed by atoms with E-state index in [-0.39, 0.29) is 5.54 Å². The molecule has 0 atom stereocenters. The van der Waals surface area contributed by atoms with E-state index >= 15 is 0 Å². The minimum Gasteiger partial charge on any atom is -0.296 e. The predicted molar refractivity (Wildman–Crippen MR) is 96.5 cm³/mol. The molecule has 0 amide bonds. The van der Waals surface area contributed by atoms with Gasteiger partial charge in [-0.15, -0.1) is 0 Å². The van der Waals surface area contributed by atoms with E-state index in [1.54, 1.807) is 0 Å². The van der Waals surface area contributed by atoms with Crippen LogP contribution in [0.1, 0.15) is 16.7 Å². The Morgan fingerprint density at radius 3 is 1.65 bits per heavy atom. The molecular weight excluding hydrogens is 278 g/mol. The van der Waals surface area contributed by atoms with Gasteiger partial charge in [0.05, 0.1) is 5.54 Å². The van der Waals surface area contributed by atoms with Crippen LogP contribution in [0.5, 0.6) is 0 Å². The molecule has 1 nitrogen and oxygen atoms in total. The number of benzene rings is 3. The lowest BCUT2D eigenvalue weighted by atomic mass is 9.80. The normalized spacial score (nSPS) is 14.6. The number of fused-ring (bicyclic) bond motifs is 3. The molecule has 0 unspecified atom stereocenters. The molecule has 1 aliphatic rings. The summed E-state index contributed by atoms with van der Waals surface area (Å²) >= 11 is 0. The largest absolute Gasteiger partial charge is 0.296 e. The van der Waals surface area contributed by atoms with E-state index in [4.69, 9.17) is 0 Å². The smallest absolute Gasteiger partial charge is 0.0763 e. The molecule has 0 bridgehead atoms. The van der Waals surface area contributed by atoms with E-state index < -0.39 is 0 Å². The second-order valence-electron chi connectivity index (χ2n) is 6.51. The Morgan fingerprint density at radius 1 is 0.652 bits per heavy atom. The van der Waals surface area contributed by atoms with E-state index in [2.05, 4.69) is 97.9 Å². The maximum Gasteiger partial charge on any atom is 0.0763 e. The third-order valence-electron chi connectivity index (χ3n) is 5.10. The summed E-state index contributed by atoms with van der Waals surface area (Å²) in [5.41, 5.74) is 6.83. The fraction of sp³-hybridized carbons (Fsp3) is 0.182. The Bertz CT molecular complexity index is 788. The first kappa shape index (κ1) is 14.2. The zero-order valence-electron chi connectivity index (χ0n) is 13.7. The van der Waals surface area contributed by atoms with Crippen molar-refractivity contribution < 1.29 is 0 Å². The summed E-state index contributed by atoms with van der Waals surface area (Å²) in [6, 6.07) is 28.5. The Hall–Kier alpha value is -2.38. The minimum absolute atomic E-state index is 0.103. The van der Waals surface area contributed by atoms with Crippen LogP contribution in [0.15, 0.2) is 78.9 Å². The van der Waals surface area contributed by atoms with Crippen molar-refractivity contribution in [1.82, 2.24) is 4.90 Å². The van der Waals surface area contributed by atoms with Gasteiger partial charge in [-0.2, -0.15) is 0 Å². The lowest BCUT2D eigenvalue weighted by molar-refractivity contribution is 0.204. The number of hydrogen-bond donors (Lipinski definition) is 0. The van der Waals surface area contributed by atoms with Crippen molar-refractivity contribution in [1.29, 1.82) is 0 Å². The molecule has 23 heavy (non-hydrogen) atoms. The zero-order valence-corrected chi connectivity index (χ0v) is 13.7. The fourth-order valence-corrected chi connectivity index (χ4v) is 4.02. The fourth-order valence-electron chi connectivity index (χ4n) is 4.02. The molecule has 0 N–H and O–H groups in total. The summed E-state index contributed by atoms with van der Waals surface area (Å²) in [7, 11) is 4.39. The summed E-state index contributed by atoms with van der Waals surface area (Å²) < 4.78 is 0. The molecule has 1 aliphatic carbocycles. The van der Waals surface area contributed by atoms with E-state index in [0.29, 0.717) is 0 Å². The van der Waals surface area contributed by atoms with Crippen molar-refractivity contribution in [3.05, 3.63) is 95.6 Å². The van der Waals surface area contributed by atoms with Gasteiger partial charge in [-0.25, -0.2) is 0 Å². The predicted octanol–water partition coefficient (Wildman–Crippen LogP) is 4.71. The maximum atomic E-state index is 2.38. The number of likely N-dealkylation sites (N-methyl/N-ethyl adjacent to an activating group) is 1. The topological polar surface area (TPSA) is 3.24 Å². The van der Waals surface area contributed by atoms with E-state index in [9.17, 15) is 0 Å². The van der Waals surface area contributed by atoms with Crippen LogP contribution in [-0.2, 0) is 12.0 Å². The lowest BCUT2D eigenvalue weighted by Gasteiger charge is -2.39. The van der Waals surface area contributed by atoms with Gasteiger partial charge in [0.2, 0.25) is 0 Å². The van der Waals surface area contributed by atoms with Crippen molar-refractivity contribution in [3.63, 3.8) is 0 Å². The van der Waals surface area contributed by atoms with Gasteiger partial charge in [-0.05, 0) is 48.3 Å². The summed E-state index contributed by atoms with van der Waals surface area (Å²) in [5.74, 6) is 0. The second kappa shape index (κ2) is 5.36. The molecule has 0 saturated heterocycles. The van der Waals surface area contributed by atoms with E-state index in [1.807, 2.05) is 0 Å². The Balaban J connectivity index is 1.99. The highest BCUT2D eigenvalue weighted by Crippen LogP contribution is 2.51. The van der Waals surface area contributed by atoms with Gasteiger partial charge in [0, 0.05) is 0 Å². The molecule has 4 rings (SSSR count). The monoisotopic (exact) mass is 299 g/mol. The third kappa shape index (κ3) is 2.04. The van der Waals surface area contributed by atoms with Gasteiger partial charge in [-0.3, -0.25) is 4.90 Å². The Morgan fingerprint density at radius 2 is 1.13 bits per heavy atom. The standard InChI is InChI=1S/C22H21N/c1-23(2)22(16-17-10-4-3-5-11-17)20-14-8-6-12-18(20)19-13-7-9-15-21(19)22/h3-15H,16H2,1-2H3. The first-order valence-electron chi connectivity index (χ1n) is 8.14. The summed E-state index contributed by atoms with van der Waals surface area (Å²) in [5, 5.41) is 0. The van der Waals surface area contributed by atoms with Crippen LogP contribution in [-0.4, -0.2) is 19.0 Å². The minimum atomic E-state index is -0.103. The average Bonchev–Trinajstić information content (AvgIpc) is 2.88. The van der Waals surface area contributed by atoms with Crippen molar-refractivity contribution in [3.8, 4) is 11.1 Å². The zero-order chi connectivity index (χ0) is 15.9. The van der Waals surface area contributed by atoms with Crippen molar-refractivity contribution in [2.75, 3.05) is 14.1 Å². The second-order valence-corrected chi connectivity index (χ2v) is 6.51. The first-order chi connectivity index (χ1) is 11.2. The van der Waals surface area contributed by atoms with Gasteiger partial charge in [0.1, 0.15) is 0 Å². The van der Waals surface area contributed by atoms with E-state index in [1.165, 1.54) is 27.8 Å². The van der Waals surface area contributed by atoms with Crippen LogP contribution in [0.3, 0.4) is 0 Å². The summed E-state index contributed by atoms with van der Waals surface area (Å²) in [6.45, 7) is 0. The van der Waals surface area contributed by atoms with E-state index in [0.717, 1.165) is 6.42 Å². The highest BCUT2D eigenvalue weighted by atomic mass is 15.2. The Labute approximate surface area is 138 Å². The van der Waals surface area contributed by atoms with Crippen molar-refractivity contribution in [2.45, 2.75) is 12.0 Å². The van der Waals surface area contributed by atoms with Crippen LogP contribution in [0, 0.1) is 0 Å². The highest BCUT2D eigenvalue weighted by molar-refractivity contribution is 5.80. The summed E-state index contributed by atoms with van der Waals surface area (Å²) in [6.07, 6.45) is 0.981. The first-order valence-corrected chi connectivity index (χ1v) is 8.14. The molecule has 3 aromatic carbocycles. The highest BCUT2D eigenvalue weighted by Gasteiger charge is 2.44. The SMILES string of the molecule is CN(C)C1(Cc2ccccc2)c2ccccc2-c2ccccc21. The van der Waals surface area contributed by atoms with Crippen molar-refractivity contribution in [2.24, 2.45) is 0 Å². The Kier molecular flexibility index (Phi) is 3.32. The number of hydrogen-bond acceptors (Lipinski definition) is 1. The maximum absolute atomic E-state index is 2.38. The molecule has 0 aromatic heterocycles. The van der Waals surface area contributed by atoms with Crippen LogP contribution in [0.4, 0.5) is 0 Å². The molecule has 0 fully saturated rings. The molecule has 114 valence electrons. The average molecular weight is 299 g/mol. The molecule has 0 spiro atoms. The number of rotatable bonds is 3. The molecule has 3 aromatic rings. The quantitative estimate of drug-likeness (QED) is 0.676. The van der Waals surface area contributed by atoms with Gasteiger partial charge in [0.25, 0.3) is 0 Å². The number of nitrogens with zero attached hydrogens (tertiary/aromatic N) is 1. The molecule has 0 heterocycles. The van der Waals surface area contributed by atoms with Gasteiger partial charge in [-0.1, -0.05) is 78.9 Å². The molecule has 0 saturated carbocycles. The van der Waals surface area contributed by atoms with Crippen LogP contribution in [0.25, 0.3) is 11.1 Å². The molecule has 0 aliphatic heterocycles. The van der Waals surface area contributed by atoms with Crippen LogP contribution >= 0.6 is 0 Å². The van der Waals surface area contributed by atoms with Crippen LogP contribution in [0.2, 0.25) is 0 Å². The molecular formula is C22H21N. The van der Waals surface area contributed by atoms with Gasteiger partial charge >= 0.3 is 0 Å². The van der Waals surface area contributed by atoms with Gasteiger partial charge in [0.15, 0.2) is 0 Å². The summed E-state index contributed by atoms with van der Waals surface area (Å²) in [4.78, 5) is 2.38. The van der Waals surface area contributed by atoms with Crippen LogP contribution < -0.4 is 0 Å². The lowest BCUT2D eigenvalue weighted by Crippen LogP contribution is -2.42. The molecule has 1 heteroatoms. The van der Waals surface area contributed by atoms with Gasteiger partial charge < -0.3 is 0 Å². The van der Waals surface area contributed by atoms with Crippen molar-refractivity contribution >= 4 is 0 Å². The molecule has 0 radical (unpaired) electrons.